The summed E-state index contributed by atoms with van der Waals surface area (Å²) in [7, 11) is 0. The van der Waals surface area contributed by atoms with Crippen LogP contribution in [0.15, 0.2) is 84.9 Å². The van der Waals surface area contributed by atoms with Gasteiger partial charge in [-0.15, -0.1) is 0 Å². The van der Waals surface area contributed by atoms with Crippen LogP contribution in [-0.4, -0.2) is 54.1 Å². The Morgan fingerprint density at radius 3 is 2.14 bits per heavy atom. The number of amides is 3. The van der Waals surface area contributed by atoms with E-state index in [1.165, 1.54) is 5.56 Å². The Morgan fingerprint density at radius 1 is 0.909 bits per heavy atom. The average molecular weight is 599 g/mol. The molecule has 44 heavy (non-hydrogen) atoms. The van der Waals surface area contributed by atoms with Gasteiger partial charge in [-0.25, -0.2) is 4.79 Å². The van der Waals surface area contributed by atoms with Crippen molar-refractivity contribution in [2.24, 2.45) is 5.73 Å². The third kappa shape index (κ3) is 7.46. The van der Waals surface area contributed by atoms with E-state index in [4.69, 9.17) is 15.2 Å². The summed E-state index contributed by atoms with van der Waals surface area (Å²) in [4.78, 5) is 41.1. The Labute approximate surface area is 259 Å². The Balaban J connectivity index is 1.22. The maximum absolute atomic E-state index is 13.8. The lowest BCUT2D eigenvalue weighted by Crippen LogP contribution is -2.59. The lowest BCUT2D eigenvalue weighted by atomic mass is 9.73. The van der Waals surface area contributed by atoms with Crippen LogP contribution < -0.4 is 16.4 Å². The molecule has 1 unspecified atom stereocenters. The molecule has 0 radical (unpaired) electrons. The summed E-state index contributed by atoms with van der Waals surface area (Å²) in [6.07, 6.45) is 1.76. The molecule has 3 aromatic carbocycles. The van der Waals surface area contributed by atoms with Crippen LogP contribution in [0.1, 0.15) is 61.4 Å². The van der Waals surface area contributed by atoms with E-state index in [1.54, 1.807) is 13.8 Å². The first-order chi connectivity index (χ1) is 21.1. The molecule has 1 fully saturated rings. The van der Waals surface area contributed by atoms with E-state index in [1.807, 2.05) is 77.7 Å². The first-order valence-electron chi connectivity index (χ1n) is 15.2. The van der Waals surface area contributed by atoms with Gasteiger partial charge in [0.25, 0.3) is 0 Å². The molecular formula is C35H42N4O5. The number of ether oxygens (including phenoxy) is 2. The second-order valence-corrected chi connectivity index (χ2v) is 12.4. The van der Waals surface area contributed by atoms with Crippen LogP contribution in [0.3, 0.4) is 0 Å². The van der Waals surface area contributed by atoms with E-state index in [0.717, 1.165) is 36.0 Å². The molecule has 0 aromatic heterocycles. The van der Waals surface area contributed by atoms with Crippen molar-refractivity contribution in [2.75, 3.05) is 19.7 Å². The van der Waals surface area contributed by atoms with Gasteiger partial charge in [0, 0.05) is 18.5 Å². The van der Waals surface area contributed by atoms with Gasteiger partial charge in [0.1, 0.15) is 12.6 Å². The van der Waals surface area contributed by atoms with E-state index in [2.05, 4.69) is 22.8 Å². The summed E-state index contributed by atoms with van der Waals surface area (Å²) in [6.45, 7) is 4.84. The molecule has 5 rings (SSSR count). The highest BCUT2D eigenvalue weighted by Gasteiger charge is 2.47. The van der Waals surface area contributed by atoms with Gasteiger partial charge in [-0.3, -0.25) is 9.59 Å². The summed E-state index contributed by atoms with van der Waals surface area (Å²) in [5.41, 5.74) is 8.93. The number of fused-ring (bicyclic) bond motifs is 2. The molecule has 1 heterocycles. The Morgan fingerprint density at radius 2 is 1.50 bits per heavy atom. The molecule has 9 nitrogen and oxygen atoms in total. The van der Waals surface area contributed by atoms with Crippen LogP contribution in [0.2, 0.25) is 0 Å². The van der Waals surface area contributed by atoms with Crippen molar-refractivity contribution in [2.45, 2.75) is 69.4 Å². The molecule has 2 aliphatic rings. The van der Waals surface area contributed by atoms with Crippen molar-refractivity contribution < 1.29 is 23.9 Å². The number of hydrogen-bond acceptors (Lipinski definition) is 6. The van der Waals surface area contributed by atoms with Crippen LogP contribution in [0.4, 0.5) is 4.79 Å². The van der Waals surface area contributed by atoms with E-state index >= 15 is 0 Å². The van der Waals surface area contributed by atoms with Crippen molar-refractivity contribution in [1.29, 1.82) is 0 Å². The standard InChI is InChI=1S/C35H42N4O5/c1-34(2,36)32(41)37-30(24-43-22-25-11-5-3-6-12-25)31(40)39-19-17-35(18-20-39)21-29(27-15-9-10-16-28(27)35)38-33(42)44-23-26-13-7-4-8-14-26/h3-16,29-30H,17-24,36H2,1-2H3,(H,37,41)(H,38,42)/t29-,30?/m1/s1. The molecule has 3 aromatic rings. The molecule has 1 aliphatic heterocycles. The first-order valence-corrected chi connectivity index (χ1v) is 15.2. The van der Waals surface area contributed by atoms with Crippen molar-refractivity contribution in [3.8, 4) is 0 Å². The highest BCUT2D eigenvalue weighted by atomic mass is 16.5. The molecule has 9 heteroatoms. The smallest absolute Gasteiger partial charge is 0.407 e. The van der Waals surface area contributed by atoms with Gasteiger partial charge in [-0.1, -0.05) is 84.9 Å². The van der Waals surface area contributed by atoms with Gasteiger partial charge in [-0.2, -0.15) is 0 Å². The van der Waals surface area contributed by atoms with Gasteiger partial charge in [-0.05, 0) is 55.4 Å². The number of alkyl carbamates (subject to hydrolysis) is 1. The highest BCUT2D eigenvalue weighted by molar-refractivity contribution is 5.91. The van der Waals surface area contributed by atoms with Gasteiger partial charge in [0.2, 0.25) is 11.8 Å². The van der Waals surface area contributed by atoms with Crippen LogP contribution in [0, 0.1) is 0 Å². The van der Waals surface area contributed by atoms with Crippen LogP contribution in [-0.2, 0) is 37.7 Å². The normalized spacial score (nSPS) is 17.9. The number of nitrogens with two attached hydrogens (primary N) is 1. The first kappa shape index (κ1) is 31.2. The number of carbonyl (C=O) groups excluding carboxylic acids is 3. The maximum atomic E-state index is 13.8. The average Bonchev–Trinajstić information content (AvgIpc) is 3.32. The second kappa shape index (κ2) is 13.6. The Bertz CT molecular complexity index is 1430. The monoisotopic (exact) mass is 598 g/mol. The fourth-order valence-electron chi connectivity index (χ4n) is 6.17. The van der Waals surface area contributed by atoms with Gasteiger partial charge in [0.15, 0.2) is 0 Å². The summed E-state index contributed by atoms with van der Waals surface area (Å²) in [5.74, 6) is -0.596. The van der Waals surface area contributed by atoms with E-state index in [-0.39, 0.29) is 30.6 Å². The number of nitrogens with zero attached hydrogens (tertiary/aromatic N) is 1. The fraction of sp³-hybridized carbons (Fsp3) is 0.400. The van der Waals surface area contributed by atoms with E-state index < -0.39 is 23.6 Å². The number of benzene rings is 3. The van der Waals surface area contributed by atoms with Crippen molar-refractivity contribution >= 4 is 17.9 Å². The van der Waals surface area contributed by atoms with Gasteiger partial charge >= 0.3 is 6.09 Å². The SMILES string of the molecule is CC(C)(N)C(=O)NC(COCc1ccccc1)C(=O)N1CCC2(CC1)C[C@@H](NC(=O)OCc1ccccc1)c1ccccc12. The Hall–Kier alpha value is -4.21. The minimum atomic E-state index is -1.14. The minimum absolute atomic E-state index is 0.0388. The van der Waals surface area contributed by atoms with Crippen molar-refractivity contribution in [1.82, 2.24) is 15.5 Å². The second-order valence-electron chi connectivity index (χ2n) is 12.4. The lowest BCUT2D eigenvalue weighted by Gasteiger charge is -2.41. The molecule has 1 saturated heterocycles. The lowest BCUT2D eigenvalue weighted by molar-refractivity contribution is -0.140. The third-order valence-corrected chi connectivity index (χ3v) is 8.62. The molecule has 232 valence electrons. The predicted octanol–water partition coefficient (Wildman–Crippen LogP) is 4.36. The predicted molar refractivity (Wildman–Crippen MR) is 167 cm³/mol. The van der Waals surface area contributed by atoms with Crippen LogP contribution >= 0.6 is 0 Å². The number of piperidine rings is 1. The fourth-order valence-corrected chi connectivity index (χ4v) is 6.17. The number of rotatable bonds is 10. The minimum Gasteiger partial charge on any atom is -0.445 e. The largest absolute Gasteiger partial charge is 0.445 e. The van der Waals surface area contributed by atoms with Gasteiger partial charge < -0.3 is 30.7 Å². The quantitative estimate of drug-likeness (QED) is 0.319. The van der Waals surface area contributed by atoms with E-state index in [0.29, 0.717) is 19.7 Å². The summed E-state index contributed by atoms with van der Waals surface area (Å²) < 4.78 is 11.4. The Kier molecular flexibility index (Phi) is 9.66. The van der Waals surface area contributed by atoms with Gasteiger partial charge in [0.05, 0.1) is 24.8 Å². The summed E-state index contributed by atoms with van der Waals surface area (Å²) >= 11 is 0. The molecule has 1 spiro atoms. The zero-order valence-corrected chi connectivity index (χ0v) is 25.5. The number of carbonyl (C=O) groups is 3. The zero-order valence-electron chi connectivity index (χ0n) is 25.5. The zero-order chi connectivity index (χ0) is 31.2. The topological polar surface area (TPSA) is 123 Å². The number of hydrogen-bond donors (Lipinski definition) is 3. The summed E-state index contributed by atoms with van der Waals surface area (Å²) in [5, 5.41) is 5.91. The molecule has 0 saturated carbocycles. The summed E-state index contributed by atoms with van der Waals surface area (Å²) in [6, 6.07) is 26.5. The van der Waals surface area contributed by atoms with Crippen LogP contribution in [0.5, 0.6) is 0 Å². The molecular weight excluding hydrogens is 556 g/mol. The molecule has 2 atom stereocenters. The number of nitrogens with one attached hydrogen (secondary N) is 2. The maximum Gasteiger partial charge on any atom is 0.407 e. The third-order valence-electron chi connectivity index (χ3n) is 8.62. The molecule has 4 N–H and O–H groups in total. The highest BCUT2D eigenvalue weighted by Crippen LogP contribution is 2.50. The molecule has 3 amide bonds. The molecule has 0 bridgehead atoms. The van der Waals surface area contributed by atoms with Crippen molar-refractivity contribution in [3.05, 3.63) is 107 Å². The van der Waals surface area contributed by atoms with E-state index in [9.17, 15) is 14.4 Å². The molecule has 1 aliphatic carbocycles. The van der Waals surface area contributed by atoms with Crippen LogP contribution in [0.25, 0.3) is 0 Å². The van der Waals surface area contributed by atoms with Crippen molar-refractivity contribution in [3.63, 3.8) is 0 Å². The number of likely N-dealkylation sites (tertiary alicyclic amines) is 1.